The van der Waals surface area contributed by atoms with Gasteiger partial charge in [-0.1, -0.05) is 11.3 Å². The van der Waals surface area contributed by atoms with E-state index in [2.05, 4.69) is 4.90 Å². The van der Waals surface area contributed by atoms with E-state index < -0.39 is 5.66 Å². The third-order valence-corrected chi connectivity index (χ3v) is 4.13. The average Bonchev–Trinajstić information content (AvgIpc) is 2.78. The average molecular weight is 271 g/mol. The van der Waals surface area contributed by atoms with Crippen LogP contribution in [0.1, 0.15) is 11.8 Å². The highest BCUT2D eigenvalue weighted by molar-refractivity contribution is 7.15. The van der Waals surface area contributed by atoms with Gasteiger partial charge in [0.05, 0.1) is 23.8 Å². The molecule has 0 bridgehead atoms. The van der Waals surface area contributed by atoms with Gasteiger partial charge < -0.3 is 10.5 Å². The summed E-state index contributed by atoms with van der Waals surface area (Å²) in [6, 6.07) is 3.32. The molecule has 2 heterocycles. The van der Waals surface area contributed by atoms with Crippen LogP contribution in [0.15, 0.2) is 12.1 Å². The predicted octanol–water partition coefficient (Wildman–Crippen LogP) is 1.21. The molecule has 6 nitrogen and oxygen atoms in total. The second-order valence-corrected chi connectivity index (χ2v) is 5.78. The fourth-order valence-electron chi connectivity index (χ4n) is 2.10. The zero-order valence-corrected chi connectivity index (χ0v) is 11.1. The van der Waals surface area contributed by atoms with Crippen molar-refractivity contribution < 1.29 is 9.66 Å². The van der Waals surface area contributed by atoms with Crippen LogP contribution >= 0.6 is 11.3 Å². The standard InChI is InChI=1S/C11H17N3O3S/c1-11(12,13-4-6-17-7-5-13)8-9-2-3-10(18-9)14(15)16/h2-3H,4-8,12H2,1H3. The molecule has 1 atom stereocenters. The van der Waals surface area contributed by atoms with Gasteiger partial charge in [-0.3, -0.25) is 15.0 Å². The van der Waals surface area contributed by atoms with Crippen molar-refractivity contribution in [3.8, 4) is 0 Å². The van der Waals surface area contributed by atoms with Crippen molar-refractivity contribution in [2.75, 3.05) is 26.3 Å². The molecule has 0 spiro atoms. The summed E-state index contributed by atoms with van der Waals surface area (Å²) in [6.45, 7) is 4.96. The SMILES string of the molecule is CC(N)(Cc1ccc([N+](=O)[O-])s1)N1CCOCC1. The molecule has 1 aromatic heterocycles. The molecule has 18 heavy (non-hydrogen) atoms. The van der Waals surface area contributed by atoms with Gasteiger partial charge in [-0.15, -0.1) is 0 Å². The molecule has 7 heteroatoms. The molecular formula is C11H17N3O3S. The van der Waals surface area contributed by atoms with Crippen LogP contribution < -0.4 is 5.73 Å². The van der Waals surface area contributed by atoms with Gasteiger partial charge in [0.1, 0.15) is 0 Å². The minimum atomic E-state index is -0.484. The summed E-state index contributed by atoms with van der Waals surface area (Å²) in [7, 11) is 0. The number of morpholine rings is 1. The Hall–Kier alpha value is -1.02. The molecule has 0 radical (unpaired) electrons. The van der Waals surface area contributed by atoms with E-state index in [1.165, 1.54) is 17.4 Å². The van der Waals surface area contributed by atoms with Gasteiger partial charge in [0.15, 0.2) is 0 Å². The first-order valence-electron chi connectivity index (χ1n) is 5.84. The molecule has 0 aliphatic carbocycles. The van der Waals surface area contributed by atoms with E-state index in [4.69, 9.17) is 10.5 Å². The van der Waals surface area contributed by atoms with Gasteiger partial charge in [-0.25, -0.2) is 0 Å². The monoisotopic (exact) mass is 271 g/mol. The van der Waals surface area contributed by atoms with Crippen molar-refractivity contribution in [1.82, 2.24) is 4.90 Å². The fraction of sp³-hybridized carbons (Fsp3) is 0.636. The number of nitro groups is 1. The first-order valence-corrected chi connectivity index (χ1v) is 6.65. The summed E-state index contributed by atoms with van der Waals surface area (Å²) < 4.78 is 5.30. The van der Waals surface area contributed by atoms with Gasteiger partial charge in [0.2, 0.25) is 0 Å². The van der Waals surface area contributed by atoms with Gasteiger partial charge in [0, 0.05) is 30.5 Å². The Labute approximate surface area is 109 Å². The number of hydrogen-bond donors (Lipinski definition) is 1. The lowest BCUT2D eigenvalue weighted by molar-refractivity contribution is -0.380. The Morgan fingerprint density at radius 2 is 2.22 bits per heavy atom. The molecular weight excluding hydrogens is 254 g/mol. The maximum Gasteiger partial charge on any atom is 0.324 e. The maximum absolute atomic E-state index is 10.6. The number of nitrogens with zero attached hydrogens (tertiary/aromatic N) is 2. The molecule has 1 saturated heterocycles. The Balaban J connectivity index is 2.03. The molecule has 1 aliphatic rings. The van der Waals surface area contributed by atoms with Gasteiger partial charge >= 0.3 is 5.00 Å². The van der Waals surface area contributed by atoms with Crippen LogP contribution in [0, 0.1) is 10.1 Å². The molecule has 2 N–H and O–H groups in total. The molecule has 2 rings (SSSR count). The van der Waals surface area contributed by atoms with Crippen LogP contribution in [-0.4, -0.2) is 41.8 Å². The molecule has 0 saturated carbocycles. The summed E-state index contributed by atoms with van der Waals surface area (Å²) in [4.78, 5) is 13.4. The lowest BCUT2D eigenvalue weighted by Gasteiger charge is -2.40. The van der Waals surface area contributed by atoms with Crippen molar-refractivity contribution in [3.05, 3.63) is 27.1 Å². The van der Waals surface area contributed by atoms with E-state index in [1.807, 2.05) is 6.92 Å². The maximum atomic E-state index is 10.6. The second-order valence-electron chi connectivity index (χ2n) is 4.63. The van der Waals surface area contributed by atoms with Crippen LogP contribution in [0.2, 0.25) is 0 Å². The Morgan fingerprint density at radius 3 is 2.78 bits per heavy atom. The molecule has 1 unspecified atom stereocenters. The van der Waals surface area contributed by atoms with Crippen molar-refractivity contribution >= 4 is 16.3 Å². The highest BCUT2D eigenvalue weighted by Crippen LogP contribution is 2.27. The molecule has 100 valence electrons. The fourth-order valence-corrected chi connectivity index (χ4v) is 3.08. The Kier molecular flexibility index (Phi) is 3.96. The number of rotatable bonds is 4. The Morgan fingerprint density at radius 1 is 1.56 bits per heavy atom. The molecule has 0 amide bonds. The molecule has 1 aromatic rings. The van der Waals surface area contributed by atoms with E-state index in [0.29, 0.717) is 19.6 Å². The van der Waals surface area contributed by atoms with Crippen molar-refractivity contribution in [2.45, 2.75) is 19.0 Å². The first-order chi connectivity index (χ1) is 8.49. The van der Waals surface area contributed by atoms with Crippen LogP contribution in [0.4, 0.5) is 5.00 Å². The van der Waals surface area contributed by atoms with Gasteiger partial charge in [0.25, 0.3) is 0 Å². The minimum Gasteiger partial charge on any atom is -0.379 e. The number of hydrogen-bond acceptors (Lipinski definition) is 6. The third-order valence-electron chi connectivity index (χ3n) is 3.09. The molecule has 1 fully saturated rings. The summed E-state index contributed by atoms with van der Waals surface area (Å²) in [5, 5.41) is 10.8. The van der Waals surface area contributed by atoms with E-state index in [1.54, 1.807) is 6.07 Å². The topological polar surface area (TPSA) is 81.6 Å². The largest absolute Gasteiger partial charge is 0.379 e. The highest BCUT2D eigenvalue weighted by atomic mass is 32.1. The van der Waals surface area contributed by atoms with Crippen LogP contribution in [-0.2, 0) is 11.2 Å². The smallest absolute Gasteiger partial charge is 0.324 e. The third kappa shape index (κ3) is 3.05. The number of nitrogens with two attached hydrogens (primary N) is 1. The quantitative estimate of drug-likeness (QED) is 0.657. The summed E-state index contributed by atoms with van der Waals surface area (Å²) in [5.41, 5.74) is 5.83. The van der Waals surface area contributed by atoms with E-state index in [0.717, 1.165) is 18.0 Å². The normalized spacial score (nSPS) is 20.6. The number of ether oxygens (including phenoxy) is 1. The molecule has 0 aromatic carbocycles. The second kappa shape index (κ2) is 5.31. The zero-order chi connectivity index (χ0) is 13.2. The van der Waals surface area contributed by atoms with Crippen LogP contribution in [0.25, 0.3) is 0 Å². The summed E-state index contributed by atoms with van der Waals surface area (Å²) >= 11 is 1.19. The van der Waals surface area contributed by atoms with E-state index >= 15 is 0 Å². The van der Waals surface area contributed by atoms with Crippen molar-refractivity contribution in [1.29, 1.82) is 0 Å². The van der Waals surface area contributed by atoms with Gasteiger partial charge in [-0.05, 0) is 13.0 Å². The van der Waals surface area contributed by atoms with Crippen molar-refractivity contribution in [2.24, 2.45) is 5.73 Å². The lowest BCUT2D eigenvalue weighted by Crippen LogP contribution is -2.58. The minimum absolute atomic E-state index is 0.169. The van der Waals surface area contributed by atoms with Crippen LogP contribution in [0.3, 0.4) is 0 Å². The van der Waals surface area contributed by atoms with Gasteiger partial charge in [-0.2, -0.15) is 0 Å². The molecule has 1 aliphatic heterocycles. The van der Waals surface area contributed by atoms with E-state index in [9.17, 15) is 10.1 Å². The summed E-state index contributed by atoms with van der Waals surface area (Å²) in [6.07, 6.45) is 0.617. The predicted molar refractivity (Wildman–Crippen MR) is 69.7 cm³/mol. The first kappa shape index (κ1) is 13.4. The zero-order valence-electron chi connectivity index (χ0n) is 10.3. The van der Waals surface area contributed by atoms with Crippen molar-refractivity contribution in [3.63, 3.8) is 0 Å². The highest BCUT2D eigenvalue weighted by Gasteiger charge is 2.30. The Bertz CT molecular complexity index is 427. The van der Waals surface area contributed by atoms with E-state index in [-0.39, 0.29) is 9.92 Å². The number of thiophene rings is 1. The lowest BCUT2D eigenvalue weighted by atomic mass is 10.1. The van der Waals surface area contributed by atoms with Crippen LogP contribution in [0.5, 0.6) is 0 Å². The summed E-state index contributed by atoms with van der Waals surface area (Å²) in [5.74, 6) is 0.